The largest absolute Gasteiger partial charge is 0.454 e. The van der Waals surface area contributed by atoms with Gasteiger partial charge in [0.25, 0.3) is 0 Å². The van der Waals surface area contributed by atoms with Crippen molar-refractivity contribution in [2.75, 3.05) is 26.4 Å². The SMILES string of the molecule is CC1CN(CC(O)c2ccc3c(c2)OCO3)CC(C)(C)O1. The van der Waals surface area contributed by atoms with E-state index in [4.69, 9.17) is 14.2 Å². The molecule has 0 aliphatic carbocycles. The standard InChI is InChI=1S/C16H23NO4/c1-11-7-17(9-16(2,3)21-11)8-13(18)12-4-5-14-15(6-12)20-10-19-14/h4-6,11,13,18H,7-10H2,1-3H3. The Hall–Kier alpha value is -1.30. The molecule has 0 saturated carbocycles. The number of hydrogen-bond acceptors (Lipinski definition) is 5. The maximum Gasteiger partial charge on any atom is 0.231 e. The highest BCUT2D eigenvalue weighted by Crippen LogP contribution is 2.34. The van der Waals surface area contributed by atoms with Gasteiger partial charge in [0, 0.05) is 19.6 Å². The van der Waals surface area contributed by atoms with Gasteiger partial charge in [-0.05, 0) is 38.5 Å². The fraction of sp³-hybridized carbons (Fsp3) is 0.625. The van der Waals surface area contributed by atoms with E-state index in [9.17, 15) is 5.11 Å². The molecule has 2 aliphatic heterocycles. The number of benzene rings is 1. The molecule has 0 radical (unpaired) electrons. The third kappa shape index (κ3) is 3.31. The van der Waals surface area contributed by atoms with Gasteiger partial charge in [0.1, 0.15) is 0 Å². The van der Waals surface area contributed by atoms with Gasteiger partial charge in [0.15, 0.2) is 11.5 Å². The zero-order valence-electron chi connectivity index (χ0n) is 12.8. The van der Waals surface area contributed by atoms with Crippen LogP contribution in [-0.2, 0) is 4.74 Å². The maximum absolute atomic E-state index is 10.5. The van der Waals surface area contributed by atoms with Crippen molar-refractivity contribution in [1.82, 2.24) is 4.90 Å². The third-order valence-corrected chi connectivity index (χ3v) is 3.85. The van der Waals surface area contributed by atoms with Crippen LogP contribution in [0.15, 0.2) is 18.2 Å². The molecule has 5 heteroatoms. The van der Waals surface area contributed by atoms with Crippen LogP contribution < -0.4 is 9.47 Å². The second-order valence-corrected chi connectivity index (χ2v) is 6.51. The fourth-order valence-electron chi connectivity index (χ4n) is 3.20. The lowest BCUT2D eigenvalue weighted by Crippen LogP contribution is -2.52. The number of morpholine rings is 1. The van der Waals surface area contributed by atoms with E-state index in [0.29, 0.717) is 12.3 Å². The molecule has 1 aromatic carbocycles. The number of β-amino-alcohol motifs (C(OH)–C–C–N with tert-alkyl or cyclic N) is 1. The van der Waals surface area contributed by atoms with Crippen molar-refractivity contribution in [2.45, 2.75) is 38.6 Å². The van der Waals surface area contributed by atoms with Crippen molar-refractivity contribution in [1.29, 1.82) is 0 Å². The van der Waals surface area contributed by atoms with Crippen LogP contribution in [0.3, 0.4) is 0 Å². The summed E-state index contributed by atoms with van der Waals surface area (Å²) >= 11 is 0. The molecule has 5 nitrogen and oxygen atoms in total. The average Bonchev–Trinajstić information content (AvgIpc) is 2.82. The number of rotatable bonds is 3. The predicted octanol–water partition coefficient (Wildman–Crippen LogP) is 1.95. The number of aliphatic hydroxyl groups excluding tert-OH is 1. The number of fused-ring (bicyclic) bond motifs is 1. The first-order chi connectivity index (χ1) is 9.93. The smallest absolute Gasteiger partial charge is 0.231 e. The Morgan fingerprint density at radius 1 is 1.33 bits per heavy atom. The van der Waals surface area contributed by atoms with Crippen molar-refractivity contribution in [3.05, 3.63) is 23.8 Å². The van der Waals surface area contributed by atoms with E-state index in [-0.39, 0.29) is 18.5 Å². The zero-order valence-corrected chi connectivity index (χ0v) is 12.8. The Morgan fingerprint density at radius 2 is 2.10 bits per heavy atom. The van der Waals surface area contributed by atoms with Crippen LogP contribution >= 0.6 is 0 Å². The average molecular weight is 293 g/mol. The summed E-state index contributed by atoms with van der Waals surface area (Å²) in [4.78, 5) is 2.25. The molecular formula is C16H23NO4. The van der Waals surface area contributed by atoms with Gasteiger partial charge < -0.3 is 19.3 Å². The lowest BCUT2D eigenvalue weighted by Gasteiger charge is -2.42. The summed E-state index contributed by atoms with van der Waals surface area (Å²) in [6.45, 7) is 8.75. The molecule has 1 saturated heterocycles. The number of hydrogen-bond donors (Lipinski definition) is 1. The highest BCUT2D eigenvalue weighted by molar-refractivity contribution is 5.45. The van der Waals surface area contributed by atoms with Crippen LogP contribution in [0.4, 0.5) is 0 Å². The molecule has 0 spiro atoms. The molecule has 2 heterocycles. The van der Waals surface area contributed by atoms with E-state index in [2.05, 4.69) is 25.7 Å². The van der Waals surface area contributed by atoms with Crippen molar-refractivity contribution < 1.29 is 19.3 Å². The molecule has 1 aromatic rings. The van der Waals surface area contributed by atoms with Gasteiger partial charge in [-0.3, -0.25) is 4.90 Å². The predicted molar refractivity (Wildman–Crippen MR) is 78.6 cm³/mol. The summed E-state index contributed by atoms with van der Waals surface area (Å²) in [7, 11) is 0. The zero-order chi connectivity index (χ0) is 15.0. The van der Waals surface area contributed by atoms with Crippen LogP contribution in [0.25, 0.3) is 0 Å². The van der Waals surface area contributed by atoms with Crippen LogP contribution in [-0.4, -0.2) is 48.1 Å². The van der Waals surface area contributed by atoms with E-state index < -0.39 is 6.10 Å². The van der Waals surface area contributed by atoms with Gasteiger partial charge in [-0.15, -0.1) is 0 Å². The number of nitrogens with zero attached hydrogens (tertiary/aromatic N) is 1. The summed E-state index contributed by atoms with van der Waals surface area (Å²) in [5.41, 5.74) is 0.683. The minimum absolute atomic E-state index is 0.174. The second kappa shape index (κ2) is 5.48. The van der Waals surface area contributed by atoms with Crippen molar-refractivity contribution in [3.8, 4) is 11.5 Å². The molecule has 0 aromatic heterocycles. The van der Waals surface area contributed by atoms with E-state index in [1.807, 2.05) is 18.2 Å². The van der Waals surface area contributed by atoms with Gasteiger partial charge in [-0.1, -0.05) is 6.07 Å². The van der Waals surface area contributed by atoms with E-state index in [1.54, 1.807) is 0 Å². The number of ether oxygens (including phenoxy) is 3. The minimum Gasteiger partial charge on any atom is -0.454 e. The third-order valence-electron chi connectivity index (χ3n) is 3.85. The van der Waals surface area contributed by atoms with Crippen molar-refractivity contribution >= 4 is 0 Å². The lowest BCUT2D eigenvalue weighted by atomic mass is 10.0. The van der Waals surface area contributed by atoms with Gasteiger partial charge in [0.05, 0.1) is 17.8 Å². The first-order valence-corrected chi connectivity index (χ1v) is 7.41. The first kappa shape index (κ1) is 14.6. The quantitative estimate of drug-likeness (QED) is 0.923. The molecular weight excluding hydrogens is 270 g/mol. The molecule has 116 valence electrons. The van der Waals surface area contributed by atoms with Crippen LogP contribution in [0.5, 0.6) is 11.5 Å². The van der Waals surface area contributed by atoms with E-state index in [1.165, 1.54) is 0 Å². The Morgan fingerprint density at radius 3 is 2.86 bits per heavy atom. The lowest BCUT2D eigenvalue weighted by molar-refractivity contribution is -0.133. The molecule has 3 rings (SSSR count). The molecule has 2 atom stereocenters. The van der Waals surface area contributed by atoms with Gasteiger partial charge in [-0.25, -0.2) is 0 Å². The molecule has 0 amide bonds. The Bertz CT molecular complexity index is 517. The number of aliphatic hydroxyl groups is 1. The summed E-state index contributed by atoms with van der Waals surface area (Å²) in [6, 6.07) is 5.61. The van der Waals surface area contributed by atoms with Gasteiger partial charge in [-0.2, -0.15) is 0 Å². The van der Waals surface area contributed by atoms with Gasteiger partial charge >= 0.3 is 0 Å². The molecule has 2 aliphatic rings. The molecule has 2 unspecified atom stereocenters. The Labute approximate surface area is 125 Å². The monoisotopic (exact) mass is 293 g/mol. The van der Waals surface area contributed by atoms with Crippen LogP contribution in [0, 0.1) is 0 Å². The molecule has 1 fully saturated rings. The molecule has 21 heavy (non-hydrogen) atoms. The summed E-state index contributed by atoms with van der Waals surface area (Å²) in [5, 5.41) is 10.5. The summed E-state index contributed by atoms with van der Waals surface area (Å²) in [6.07, 6.45) is -0.363. The summed E-state index contributed by atoms with van der Waals surface area (Å²) in [5.74, 6) is 1.45. The first-order valence-electron chi connectivity index (χ1n) is 7.41. The Kier molecular flexibility index (Phi) is 3.82. The highest BCUT2D eigenvalue weighted by Gasteiger charge is 2.32. The highest BCUT2D eigenvalue weighted by atomic mass is 16.7. The van der Waals surface area contributed by atoms with E-state index >= 15 is 0 Å². The maximum atomic E-state index is 10.5. The Balaban J connectivity index is 1.67. The van der Waals surface area contributed by atoms with Crippen LogP contribution in [0.2, 0.25) is 0 Å². The van der Waals surface area contributed by atoms with Gasteiger partial charge in [0.2, 0.25) is 6.79 Å². The summed E-state index contributed by atoms with van der Waals surface area (Å²) < 4.78 is 16.5. The molecule has 0 bridgehead atoms. The second-order valence-electron chi connectivity index (χ2n) is 6.51. The molecule has 1 N–H and O–H groups in total. The van der Waals surface area contributed by atoms with E-state index in [0.717, 1.165) is 24.4 Å². The van der Waals surface area contributed by atoms with Crippen molar-refractivity contribution in [3.63, 3.8) is 0 Å². The van der Waals surface area contributed by atoms with Crippen molar-refractivity contribution in [2.24, 2.45) is 0 Å². The fourth-order valence-corrected chi connectivity index (χ4v) is 3.20. The van der Waals surface area contributed by atoms with Crippen LogP contribution in [0.1, 0.15) is 32.4 Å². The topological polar surface area (TPSA) is 51.2 Å². The minimum atomic E-state index is -0.541. The normalized spacial score (nSPS) is 25.8.